The van der Waals surface area contributed by atoms with Gasteiger partial charge in [0.15, 0.2) is 0 Å². The normalized spacial score (nSPS) is 10.7. The fourth-order valence-electron chi connectivity index (χ4n) is 1.17. The second-order valence-corrected chi connectivity index (χ2v) is 4.26. The molecule has 2 aromatic rings. The lowest BCUT2D eigenvalue weighted by Crippen LogP contribution is -2.12. The average molecular weight is 238 g/mol. The van der Waals surface area contributed by atoms with Crippen LogP contribution in [0.4, 0.5) is 0 Å². The van der Waals surface area contributed by atoms with Gasteiger partial charge in [0.1, 0.15) is 11.2 Å². The van der Waals surface area contributed by atoms with Gasteiger partial charge in [-0.15, -0.1) is 16.4 Å². The lowest BCUT2D eigenvalue weighted by molar-refractivity contribution is 0.0383. The molecule has 0 atom stereocenters. The van der Waals surface area contributed by atoms with E-state index in [-0.39, 0.29) is 12.1 Å². The largest absolute Gasteiger partial charge is 0.459 e. The summed E-state index contributed by atoms with van der Waals surface area (Å²) in [7, 11) is 0. The number of nitrogens with zero attached hydrogens (tertiary/aromatic N) is 4. The van der Waals surface area contributed by atoms with Gasteiger partial charge in [-0.3, -0.25) is 0 Å². The average Bonchev–Trinajstić information content (AvgIpc) is 2.87. The summed E-state index contributed by atoms with van der Waals surface area (Å²) in [5.41, 5.74) is 0.639. The Labute approximate surface area is 95.8 Å². The van der Waals surface area contributed by atoms with Crippen LogP contribution in [0.1, 0.15) is 23.5 Å². The number of esters is 1. The van der Waals surface area contributed by atoms with Crippen molar-refractivity contribution in [2.45, 2.75) is 20.0 Å². The molecular formula is C9H10N4O2S. The van der Waals surface area contributed by atoms with E-state index in [1.165, 1.54) is 22.3 Å². The van der Waals surface area contributed by atoms with E-state index in [2.05, 4.69) is 15.5 Å². The first-order valence-electron chi connectivity index (χ1n) is 4.70. The Morgan fingerprint density at radius 3 is 3.00 bits per heavy atom. The number of aromatic nitrogens is 4. The van der Waals surface area contributed by atoms with Crippen molar-refractivity contribution in [2.75, 3.05) is 0 Å². The fourth-order valence-corrected chi connectivity index (χ4v) is 1.93. The van der Waals surface area contributed by atoms with E-state index in [0.717, 1.165) is 0 Å². The standard InChI is InChI=1S/C9H10N4O2S/c1-6(2)15-9(14)8-7(3-4-16-8)13-5-10-11-12-13/h3-6H,1-2H3. The Kier molecular flexibility index (Phi) is 2.95. The smallest absolute Gasteiger partial charge is 0.350 e. The Morgan fingerprint density at radius 2 is 2.38 bits per heavy atom. The van der Waals surface area contributed by atoms with E-state index in [4.69, 9.17) is 4.74 Å². The summed E-state index contributed by atoms with van der Waals surface area (Å²) in [5, 5.41) is 12.6. The molecule has 0 saturated carbocycles. The number of hydrogen-bond donors (Lipinski definition) is 0. The summed E-state index contributed by atoms with van der Waals surface area (Å²) >= 11 is 1.31. The Morgan fingerprint density at radius 1 is 1.56 bits per heavy atom. The highest BCUT2D eigenvalue weighted by atomic mass is 32.1. The van der Waals surface area contributed by atoms with Crippen LogP contribution in [0, 0.1) is 0 Å². The Bertz CT molecular complexity index is 477. The predicted octanol–water partition coefficient (Wildman–Crippen LogP) is 1.29. The molecule has 16 heavy (non-hydrogen) atoms. The van der Waals surface area contributed by atoms with Crippen molar-refractivity contribution in [1.29, 1.82) is 0 Å². The Hall–Kier alpha value is -1.76. The molecule has 0 aromatic carbocycles. The van der Waals surface area contributed by atoms with Crippen LogP contribution >= 0.6 is 11.3 Å². The molecule has 0 amide bonds. The molecule has 0 aliphatic rings. The summed E-state index contributed by atoms with van der Waals surface area (Å²) in [4.78, 5) is 12.2. The number of hydrogen-bond acceptors (Lipinski definition) is 6. The van der Waals surface area contributed by atoms with Crippen LogP contribution in [0.3, 0.4) is 0 Å². The highest BCUT2D eigenvalue weighted by Gasteiger charge is 2.17. The lowest BCUT2D eigenvalue weighted by atomic mass is 10.4. The van der Waals surface area contributed by atoms with Gasteiger partial charge in [0.05, 0.1) is 11.8 Å². The summed E-state index contributed by atoms with van der Waals surface area (Å²) in [6.07, 6.45) is 1.30. The molecule has 2 rings (SSSR count). The molecule has 0 N–H and O–H groups in total. The molecule has 0 bridgehead atoms. The van der Waals surface area contributed by atoms with Crippen LogP contribution in [0.5, 0.6) is 0 Å². The monoisotopic (exact) mass is 238 g/mol. The highest BCUT2D eigenvalue weighted by Crippen LogP contribution is 2.21. The third-order valence-corrected chi connectivity index (χ3v) is 2.65. The number of rotatable bonds is 3. The van der Waals surface area contributed by atoms with Crippen LogP contribution in [0.15, 0.2) is 17.8 Å². The van der Waals surface area contributed by atoms with Crippen molar-refractivity contribution in [3.63, 3.8) is 0 Å². The zero-order chi connectivity index (χ0) is 11.5. The molecule has 2 aromatic heterocycles. The molecule has 2 heterocycles. The molecular weight excluding hydrogens is 228 g/mol. The van der Waals surface area contributed by atoms with Gasteiger partial charge in [0.2, 0.25) is 0 Å². The molecule has 0 fully saturated rings. The molecule has 0 unspecified atom stereocenters. The fraction of sp³-hybridized carbons (Fsp3) is 0.333. The third-order valence-electron chi connectivity index (χ3n) is 1.77. The predicted molar refractivity (Wildman–Crippen MR) is 57.6 cm³/mol. The summed E-state index contributed by atoms with van der Waals surface area (Å²) in [6.45, 7) is 3.62. The van der Waals surface area contributed by atoms with Gasteiger partial charge in [-0.2, -0.15) is 4.68 Å². The summed E-state index contributed by atoms with van der Waals surface area (Å²) in [5.74, 6) is -0.351. The second kappa shape index (κ2) is 4.40. The van der Waals surface area contributed by atoms with Crippen molar-refractivity contribution < 1.29 is 9.53 Å². The van der Waals surface area contributed by atoms with Crippen LogP contribution in [-0.2, 0) is 4.74 Å². The lowest BCUT2D eigenvalue weighted by Gasteiger charge is -2.07. The van der Waals surface area contributed by atoms with Crippen LogP contribution < -0.4 is 0 Å². The van der Waals surface area contributed by atoms with E-state index >= 15 is 0 Å². The van der Waals surface area contributed by atoms with Gasteiger partial charge in [-0.05, 0) is 35.7 Å². The van der Waals surface area contributed by atoms with E-state index in [9.17, 15) is 4.79 Å². The quantitative estimate of drug-likeness (QED) is 0.753. The van der Waals surface area contributed by atoms with Gasteiger partial charge >= 0.3 is 5.97 Å². The topological polar surface area (TPSA) is 69.9 Å². The minimum Gasteiger partial charge on any atom is -0.459 e. The number of carbonyl (C=O) groups is 1. The summed E-state index contributed by atoms with van der Waals surface area (Å²) < 4.78 is 6.56. The first kappa shape index (κ1) is 10.7. The maximum absolute atomic E-state index is 11.7. The van der Waals surface area contributed by atoms with Gasteiger partial charge in [0.25, 0.3) is 0 Å². The van der Waals surface area contributed by atoms with E-state index in [0.29, 0.717) is 10.6 Å². The Balaban J connectivity index is 2.29. The zero-order valence-corrected chi connectivity index (χ0v) is 9.64. The maximum Gasteiger partial charge on any atom is 0.350 e. The third kappa shape index (κ3) is 2.08. The van der Waals surface area contributed by atoms with Crippen molar-refractivity contribution in [2.24, 2.45) is 0 Å². The van der Waals surface area contributed by atoms with Gasteiger partial charge in [-0.25, -0.2) is 4.79 Å². The minimum absolute atomic E-state index is 0.142. The van der Waals surface area contributed by atoms with Crippen molar-refractivity contribution >= 4 is 17.3 Å². The molecule has 6 nitrogen and oxygen atoms in total. The van der Waals surface area contributed by atoms with Crippen LogP contribution in [0.2, 0.25) is 0 Å². The van der Waals surface area contributed by atoms with Gasteiger partial charge in [0, 0.05) is 0 Å². The van der Waals surface area contributed by atoms with Crippen molar-refractivity contribution in [1.82, 2.24) is 20.2 Å². The first-order chi connectivity index (χ1) is 7.68. The number of ether oxygens (including phenoxy) is 1. The number of carbonyl (C=O) groups excluding carboxylic acids is 1. The molecule has 0 aliphatic carbocycles. The van der Waals surface area contributed by atoms with Crippen molar-refractivity contribution in [3.8, 4) is 5.69 Å². The SMILES string of the molecule is CC(C)OC(=O)c1sccc1-n1cnnn1. The van der Waals surface area contributed by atoms with E-state index in [1.807, 2.05) is 13.8 Å². The van der Waals surface area contributed by atoms with Gasteiger partial charge in [-0.1, -0.05) is 0 Å². The molecule has 0 spiro atoms. The number of thiophene rings is 1. The second-order valence-electron chi connectivity index (χ2n) is 3.34. The van der Waals surface area contributed by atoms with Crippen LogP contribution in [-0.4, -0.2) is 32.3 Å². The first-order valence-corrected chi connectivity index (χ1v) is 5.58. The molecule has 0 aliphatic heterocycles. The number of tetrazole rings is 1. The zero-order valence-electron chi connectivity index (χ0n) is 8.82. The molecule has 0 saturated heterocycles. The molecule has 0 radical (unpaired) electrons. The summed E-state index contributed by atoms with van der Waals surface area (Å²) in [6, 6.07) is 1.78. The molecule has 7 heteroatoms. The van der Waals surface area contributed by atoms with E-state index < -0.39 is 0 Å². The maximum atomic E-state index is 11.7. The van der Waals surface area contributed by atoms with E-state index in [1.54, 1.807) is 11.4 Å². The van der Waals surface area contributed by atoms with Crippen LogP contribution in [0.25, 0.3) is 5.69 Å². The highest BCUT2D eigenvalue weighted by molar-refractivity contribution is 7.12. The molecule has 84 valence electrons. The van der Waals surface area contributed by atoms with Crippen molar-refractivity contribution in [3.05, 3.63) is 22.7 Å². The minimum atomic E-state index is -0.351. The van der Waals surface area contributed by atoms with Gasteiger partial charge < -0.3 is 4.74 Å².